The Labute approximate surface area is 111 Å². The number of carbonyl (C=O) groups is 1. The fraction of sp³-hybridized carbons (Fsp3) is 0.385. The third kappa shape index (κ3) is 2.67. The molecule has 1 aliphatic rings. The molecule has 1 atom stereocenters. The van der Waals surface area contributed by atoms with Crippen LogP contribution in [0.25, 0.3) is 0 Å². The van der Waals surface area contributed by atoms with Crippen LogP contribution in [-0.4, -0.2) is 37.2 Å². The predicted molar refractivity (Wildman–Crippen MR) is 69.4 cm³/mol. The summed E-state index contributed by atoms with van der Waals surface area (Å²) < 4.78 is 18.4. The van der Waals surface area contributed by atoms with Crippen molar-refractivity contribution in [3.63, 3.8) is 0 Å². The predicted octanol–water partition coefficient (Wildman–Crippen LogP) is 1.91. The number of amides is 1. The van der Waals surface area contributed by atoms with Crippen molar-refractivity contribution in [2.75, 3.05) is 20.2 Å². The second kappa shape index (κ2) is 5.69. The average Bonchev–Trinajstić information content (AvgIpc) is 2.81. The molecule has 0 aliphatic carbocycles. The van der Waals surface area contributed by atoms with Crippen LogP contribution < -0.4 is 5.32 Å². The van der Waals surface area contributed by atoms with E-state index in [1.165, 1.54) is 13.2 Å². The number of rotatable bonds is 2. The van der Waals surface area contributed by atoms with Gasteiger partial charge in [-0.3, -0.25) is 10.3 Å². The highest BCUT2D eigenvalue weighted by molar-refractivity contribution is 5.95. The summed E-state index contributed by atoms with van der Waals surface area (Å²) in [6.07, 6.45) is -0.577. The minimum absolute atomic E-state index is 0.196. The molecule has 1 aliphatic heterocycles. The molecule has 1 aromatic rings. The van der Waals surface area contributed by atoms with E-state index in [1.54, 1.807) is 18.2 Å². The first-order chi connectivity index (χ1) is 9.17. The maximum atomic E-state index is 13.8. The van der Waals surface area contributed by atoms with Crippen LogP contribution in [0.15, 0.2) is 29.3 Å². The van der Waals surface area contributed by atoms with E-state index in [-0.39, 0.29) is 11.9 Å². The molecule has 0 saturated heterocycles. The third-order valence-electron chi connectivity index (χ3n) is 3.07. The summed E-state index contributed by atoms with van der Waals surface area (Å²) in [4.78, 5) is 17.3. The number of nitrogens with zero attached hydrogens (tertiary/aromatic N) is 2. The van der Waals surface area contributed by atoms with Gasteiger partial charge in [0.2, 0.25) is 5.96 Å². The first-order valence-corrected chi connectivity index (χ1v) is 6.07. The van der Waals surface area contributed by atoms with Gasteiger partial charge in [-0.15, -0.1) is 0 Å². The van der Waals surface area contributed by atoms with Crippen molar-refractivity contribution in [3.8, 4) is 0 Å². The summed E-state index contributed by atoms with van der Waals surface area (Å²) in [5, 5.41) is 2.54. The summed E-state index contributed by atoms with van der Waals surface area (Å²) in [6.45, 7) is 2.95. The Balaban J connectivity index is 2.18. The number of guanidine groups is 1. The lowest BCUT2D eigenvalue weighted by Gasteiger charge is -2.26. The van der Waals surface area contributed by atoms with Crippen molar-refractivity contribution in [2.45, 2.75) is 13.0 Å². The number of likely N-dealkylation sites (N-methyl/N-ethyl adjacent to an activating group) is 1. The minimum Gasteiger partial charge on any atom is -0.453 e. The first-order valence-electron chi connectivity index (χ1n) is 6.07. The van der Waals surface area contributed by atoms with Crippen LogP contribution in [0.1, 0.15) is 18.5 Å². The molecule has 0 fully saturated rings. The number of hydrogen-bond acceptors (Lipinski definition) is 4. The summed E-state index contributed by atoms with van der Waals surface area (Å²) in [6, 6.07) is 6.41. The van der Waals surface area contributed by atoms with Gasteiger partial charge < -0.3 is 9.64 Å². The molecule has 0 aromatic heterocycles. The summed E-state index contributed by atoms with van der Waals surface area (Å²) in [5.41, 5.74) is 0.578. The second-order valence-electron chi connectivity index (χ2n) is 4.10. The number of carbonyl (C=O) groups excluding carboxylic acids is 1. The molecule has 0 bridgehead atoms. The second-order valence-corrected chi connectivity index (χ2v) is 4.10. The Morgan fingerprint density at radius 2 is 2.32 bits per heavy atom. The van der Waals surface area contributed by atoms with E-state index in [0.717, 1.165) is 0 Å². The molecule has 102 valence electrons. The normalized spacial score (nSPS) is 18.2. The fourth-order valence-corrected chi connectivity index (χ4v) is 2.15. The Bertz CT molecular complexity index is 504. The molecule has 0 spiro atoms. The van der Waals surface area contributed by atoms with Crippen molar-refractivity contribution in [1.29, 1.82) is 0 Å². The average molecular weight is 265 g/mol. The van der Waals surface area contributed by atoms with Crippen LogP contribution >= 0.6 is 0 Å². The Kier molecular flexibility index (Phi) is 3.99. The van der Waals surface area contributed by atoms with Crippen molar-refractivity contribution in [2.24, 2.45) is 4.99 Å². The molecule has 1 heterocycles. The summed E-state index contributed by atoms with van der Waals surface area (Å²) >= 11 is 0. The molecular weight excluding hydrogens is 249 g/mol. The van der Waals surface area contributed by atoms with Crippen molar-refractivity contribution < 1.29 is 13.9 Å². The highest BCUT2D eigenvalue weighted by atomic mass is 19.1. The lowest BCUT2D eigenvalue weighted by molar-refractivity contribution is 0.175. The molecule has 6 heteroatoms. The lowest BCUT2D eigenvalue weighted by atomic mass is 10.1. The number of methoxy groups -OCH3 is 1. The van der Waals surface area contributed by atoms with Gasteiger partial charge in [0, 0.05) is 12.1 Å². The van der Waals surface area contributed by atoms with E-state index < -0.39 is 6.09 Å². The van der Waals surface area contributed by atoms with Gasteiger partial charge in [0.15, 0.2) is 0 Å². The SMILES string of the molecule is CCN1C(NC(=O)OC)=NCC1c1ccccc1F. The van der Waals surface area contributed by atoms with Gasteiger partial charge >= 0.3 is 6.09 Å². The highest BCUT2D eigenvalue weighted by Gasteiger charge is 2.30. The lowest BCUT2D eigenvalue weighted by Crippen LogP contribution is -2.42. The van der Waals surface area contributed by atoms with E-state index in [0.29, 0.717) is 24.6 Å². The smallest absolute Gasteiger partial charge is 0.413 e. The van der Waals surface area contributed by atoms with Crippen LogP contribution in [0.2, 0.25) is 0 Å². The number of hydrogen-bond donors (Lipinski definition) is 1. The van der Waals surface area contributed by atoms with Gasteiger partial charge in [-0.2, -0.15) is 0 Å². The van der Waals surface area contributed by atoms with Crippen LogP contribution in [-0.2, 0) is 4.74 Å². The Morgan fingerprint density at radius 3 is 2.95 bits per heavy atom. The molecule has 1 aromatic carbocycles. The van der Waals surface area contributed by atoms with Gasteiger partial charge in [0.05, 0.1) is 19.7 Å². The first kappa shape index (κ1) is 13.3. The van der Waals surface area contributed by atoms with E-state index in [1.807, 2.05) is 11.8 Å². The van der Waals surface area contributed by atoms with Crippen molar-refractivity contribution in [1.82, 2.24) is 10.2 Å². The molecule has 1 amide bonds. The van der Waals surface area contributed by atoms with Crippen LogP contribution in [0.3, 0.4) is 0 Å². The zero-order valence-electron chi connectivity index (χ0n) is 10.9. The number of halogens is 1. The molecule has 2 rings (SSSR count). The van der Waals surface area contributed by atoms with E-state index in [2.05, 4.69) is 15.0 Å². The fourth-order valence-electron chi connectivity index (χ4n) is 2.15. The number of alkyl carbamates (subject to hydrolysis) is 1. The molecule has 0 saturated carbocycles. The molecular formula is C13H16FN3O2. The van der Waals surface area contributed by atoms with E-state index in [4.69, 9.17) is 0 Å². The zero-order valence-corrected chi connectivity index (χ0v) is 10.9. The standard InChI is InChI=1S/C13H16FN3O2/c1-3-17-11(9-6-4-5-7-10(9)14)8-15-12(17)16-13(18)19-2/h4-7,11H,3,8H2,1-2H3,(H,15,16,18). The van der Waals surface area contributed by atoms with Gasteiger partial charge in [-0.1, -0.05) is 18.2 Å². The number of benzene rings is 1. The summed E-state index contributed by atoms with van der Waals surface area (Å²) in [5.74, 6) is 0.156. The highest BCUT2D eigenvalue weighted by Crippen LogP contribution is 2.27. The van der Waals surface area contributed by atoms with Crippen molar-refractivity contribution >= 4 is 12.1 Å². The third-order valence-corrected chi connectivity index (χ3v) is 3.07. The largest absolute Gasteiger partial charge is 0.453 e. The van der Waals surface area contributed by atoms with Crippen LogP contribution in [0.5, 0.6) is 0 Å². The van der Waals surface area contributed by atoms with Crippen LogP contribution in [0, 0.1) is 5.82 Å². The molecule has 1 unspecified atom stereocenters. The Morgan fingerprint density at radius 1 is 1.58 bits per heavy atom. The van der Waals surface area contributed by atoms with Crippen molar-refractivity contribution in [3.05, 3.63) is 35.6 Å². The van der Waals surface area contributed by atoms with E-state index >= 15 is 0 Å². The number of nitrogens with one attached hydrogen (secondary N) is 1. The zero-order chi connectivity index (χ0) is 13.8. The van der Waals surface area contributed by atoms with Gasteiger partial charge in [-0.05, 0) is 13.0 Å². The molecule has 0 radical (unpaired) electrons. The maximum absolute atomic E-state index is 13.8. The molecule has 19 heavy (non-hydrogen) atoms. The number of aliphatic imine (C=N–C) groups is 1. The monoisotopic (exact) mass is 265 g/mol. The quantitative estimate of drug-likeness (QED) is 0.888. The van der Waals surface area contributed by atoms with E-state index in [9.17, 15) is 9.18 Å². The Hall–Kier alpha value is -2.11. The van der Waals surface area contributed by atoms with Crippen LogP contribution in [0.4, 0.5) is 9.18 Å². The summed E-state index contributed by atoms with van der Waals surface area (Å²) in [7, 11) is 1.29. The maximum Gasteiger partial charge on any atom is 0.413 e. The molecule has 5 nitrogen and oxygen atoms in total. The number of ether oxygens (including phenoxy) is 1. The topological polar surface area (TPSA) is 53.9 Å². The van der Waals surface area contributed by atoms with Gasteiger partial charge in [0.25, 0.3) is 0 Å². The van der Waals surface area contributed by atoms with Gasteiger partial charge in [0.1, 0.15) is 5.82 Å². The molecule has 1 N–H and O–H groups in total. The van der Waals surface area contributed by atoms with Gasteiger partial charge in [-0.25, -0.2) is 9.18 Å². The minimum atomic E-state index is -0.577.